The number of carbonyl (C=O) groups is 3. The third-order valence-corrected chi connectivity index (χ3v) is 5.02. The summed E-state index contributed by atoms with van der Waals surface area (Å²) < 4.78 is 5.67. The standard InChI is InChI=1S/C20H25N3O5/c1-12(2)16-17(25)21-13(3)20(27)23(16)18(26)19(4,28-20)22-15(24)11-10-14-8-6-5-7-9-14/h5-13,16,27H,1-4H3,(H,21,25)(H,22,24)/b11-10+/t13-,16+,19+,20-/m0/s1. The van der Waals surface area contributed by atoms with Gasteiger partial charge >= 0.3 is 0 Å². The van der Waals surface area contributed by atoms with Crippen molar-refractivity contribution in [1.29, 1.82) is 0 Å². The second kappa shape index (κ2) is 7.03. The van der Waals surface area contributed by atoms with Crippen molar-refractivity contribution in [2.45, 2.75) is 51.4 Å². The maximum Gasteiger partial charge on any atom is 0.280 e. The molecule has 3 rings (SSSR count). The largest absolute Gasteiger partial charge is 0.347 e. The van der Waals surface area contributed by atoms with E-state index in [1.54, 1.807) is 19.9 Å². The lowest BCUT2D eigenvalue weighted by Gasteiger charge is -2.46. The highest BCUT2D eigenvalue weighted by atomic mass is 16.7. The molecule has 0 unspecified atom stereocenters. The summed E-state index contributed by atoms with van der Waals surface area (Å²) in [7, 11) is 0. The van der Waals surface area contributed by atoms with Crippen molar-refractivity contribution in [1.82, 2.24) is 15.5 Å². The van der Waals surface area contributed by atoms with E-state index >= 15 is 0 Å². The lowest BCUT2D eigenvalue weighted by Crippen LogP contribution is -2.72. The topological polar surface area (TPSA) is 108 Å². The number of hydrogen-bond donors (Lipinski definition) is 3. The average molecular weight is 387 g/mol. The predicted octanol–water partition coefficient (Wildman–Crippen LogP) is 0.580. The van der Waals surface area contributed by atoms with Crippen LogP contribution < -0.4 is 10.6 Å². The van der Waals surface area contributed by atoms with Crippen LogP contribution in [0, 0.1) is 5.92 Å². The Morgan fingerprint density at radius 3 is 2.57 bits per heavy atom. The normalized spacial score (nSPS) is 32.6. The van der Waals surface area contributed by atoms with Gasteiger partial charge in [-0.2, -0.15) is 0 Å². The number of benzene rings is 1. The van der Waals surface area contributed by atoms with Gasteiger partial charge in [-0.05, 0) is 31.4 Å². The van der Waals surface area contributed by atoms with E-state index in [1.807, 2.05) is 30.3 Å². The molecule has 2 heterocycles. The van der Waals surface area contributed by atoms with Crippen molar-refractivity contribution in [2.75, 3.05) is 0 Å². The fraction of sp³-hybridized carbons (Fsp3) is 0.450. The van der Waals surface area contributed by atoms with Gasteiger partial charge in [-0.25, -0.2) is 0 Å². The molecule has 8 nitrogen and oxygen atoms in total. The summed E-state index contributed by atoms with van der Waals surface area (Å²) in [4.78, 5) is 38.9. The first-order valence-electron chi connectivity index (χ1n) is 9.20. The summed E-state index contributed by atoms with van der Waals surface area (Å²) in [6.07, 6.45) is 2.89. The monoisotopic (exact) mass is 387 g/mol. The van der Waals surface area contributed by atoms with Crippen LogP contribution in [0.4, 0.5) is 0 Å². The molecule has 2 saturated heterocycles. The van der Waals surface area contributed by atoms with Gasteiger partial charge in [0.2, 0.25) is 17.5 Å². The van der Waals surface area contributed by atoms with Crippen LogP contribution in [-0.2, 0) is 19.1 Å². The van der Waals surface area contributed by atoms with E-state index < -0.39 is 35.5 Å². The first-order valence-corrected chi connectivity index (χ1v) is 9.20. The van der Waals surface area contributed by atoms with E-state index in [2.05, 4.69) is 10.6 Å². The van der Waals surface area contributed by atoms with E-state index in [4.69, 9.17) is 4.74 Å². The van der Waals surface area contributed by atoms with Crippen molar-refractivity contribution in [3.05, 3.63) is 42.0 Å². The number of nitrogens with one attached hydrogen (secondary N) is 2. The minimum atomic E-state index is -2.05. The first kappa shape index (κ1) is 20.0. The van der Waals surface area contributed by atoms with Crippen LogP contribution in [0.15, 0.2) is 36.4 Å². The van der Waals surface area contributed by atoms with Gasteiger partial charge < -0.3 is 15.7 Å². The summed E-state index contributed by atoms with van der Waals surface area (Å²) >= 11 is 0. The smallest absolute Gasteiger partial charge is 0.280 e. The molecule has 0 spiro atoms. The molecule has 2 fully saturated rings. The van der Waals surface area contributed by atoms with Crippen LogP contribution in [0.2, 0.25) is 0 Å². The number of fused-ring (bicyclic) bond motifs is 1. The molecule has 1 aromatic carbocycles. The number of ether oxygens (including phenoxy) is 1. The summed E-state index contributed by atoms with van der Waals surface area (Å²) in [5.74, 6) is -3.91. The van der Waals surface area contributed by atoms with Crippen molar-refractivity contribution >= 4 is 23.8 Å². The molecule has 28 heavy (non-hydrogen) atoms. The van der Waals surface area contributed by atoms with Gasteiger partial charge in [0, 0.05) is 6.08 Å². The second-order valence-corrected chi connectivity index (χ2v) is 7.62. The van der Waals surface area contributed by atoms with E-state index in [-0.39, 0.29) is 11.8 Å². The lowest BCUT2D eigenvalue weighted by molar-refractivity contribution is -0.301. The Bertz CT molecular complexity index is 824. The van der Waals surface area contributed by atoms with Gasteiger partial charge in [0.25, 0.3) is 11.8 Å². The van der Waals surface area contributed by atoms with Crippen molar-refractivity contribution in [2.24, 2.45) is 5.92 Å². The molecular formula is C20H25N3O5. The summed E-state index contributed by atoms with van der Waals surface area (Å²) in [6, 6.07) is 7.43. The number of rotatable bonds is 4. The zero-order chi connectivity index (χ0) is 20.7. The Balaban J connectivity index is 1.84. The van der Waals surface area contributed by atoms with Gasteiger partial charge in [0.1, 0.15) is 12.1 Å². The highest BCUT2D eigenvalue weighted by molar-refractivity contribution is 5.99. The van der Waals surface area contributed by atoms with Crippen molar-refractivity contribution in [3.8, 4) is 0 Å². The van der Waals surface area contributed by atoms with Gasteiger partial charge in [0.05, 0.1) is 0 Å². The zero-order valence-electron chi connectivity index (χ0n) is 16.3. The Kier molecular flexibility index (Phi) is 5.03. The molecule has 150 valence electrons. The van der Waals surface area contributed by atoms with Crippen LogP contribution in [-0.4, -0.2) is 51.4 Å². The third-order valence-electron chi connectivity index (χ3n) is 5.02. The molecule has 3 N–H and O–H groups in total. The first-order chi connectivity index (χ1) is 13.1. The van der Waals surface area contributed by atoms with Crippen LogP contribution in [0.3, 0.4) is 0 Å². The number of hydrogen-bond acceptors (Lipinski definition) is 5. The minimum absolute atomic E-state index is 0.261. The van der Waals surface area contributed by atoms with Crippen molar-refractivity contribution < 1.29 is 24.2 Å². The number of aliphatic hydroxyl groups is 1. The number of nitrogens with zero attached hydrogens (tertiary/aromatic N) is 1. The van der Waals surface area contributed by atoms with Crippen LogP contribution in [0.1, 0.15) is 33.3 Å². The fourth-order valence-electron chi connectivity index (χ4n) is 3.59. The Hall–Kier alpha value is -2.71. The molecule has 1 aromatic rings. The highest BCUT2D eigenvalue weighted by Gasteiger charge is 2.66. The number of piperazine rings is 1. The van der Waals surface area contributed by atoms with Crippen LogP contribution in [0.5, 0.6) is 0 Å². The van der Waals surface area contributed by atoms with E-state index in [0.29, 0.717) is 0 Å². The zero-order valence-corrected chi connectivity index (χ0v) is 16.3. The van der Waals surface area contributed by atoms with Crippen LogP contribution in [0.25, 0.3) is 6.08 Å². The predicted molar refractivity (Wildman–Crippen MR) is 101 cm³/mol. The van der Waals surface area contributed by atoms with E-state index in [1.165, 1.54) is 19.9 Å². The number of amides is 3. The molecule has 4 atom stereocenters. The third kappa shape index (κ3) is 3.29. The number of carbonyl (C=O) groups excluding carboxylic acids is 3. The maximum absolute atomic E-state index is 13.1. The van der Waals surface area contributed by atoms with E-state index in [9.17, 15) is 19.5 Å². The Morgan fingerprint density at radius 2 is 1.96 bits per heavy atom. The second-order valence-electron chi connectivity index (χ2n) is 7.62. The van der Waals surface area contributed by atoms with E-state index in [0.717, 1.165) is 10.5 Å². The average Bonchev–Trinajstić information content (AvgIpc) is 2.82. The quantitative estimate of drug-likeness (QED) is 0.655. The van der Waals surface area contributed by atoms with Gasteiger partial charge in [-0.3, -0.25) is 24.0 Å². The molecule has 0 saturated carbocycles. The summed E-state index contributed by atoms with van der Waals surface area (Å²) in [6.45, 7) is 6.45. The fourth-order valence-corrected chi connectivity index (χ4v) is 3.59. The Morgan fingerprint density at radius 1 is 1.32 bits per heavy atom. The maximum atomic E-state index is 13.1. The Labute approximate surface area is 163 Å². The molecule has 8 heteroatoms. The van der Waals surface area contributed by atoms with Gasteiger partial charge in [0.15, 0.2) is 0 Å². The summed E-state index contributed by atoms with van der Waals surface area (Å²) in [5, 5.41) is 16.2. The molecule has 0 bridgehead atoms. The van der Waals surface area contributed by atoms with Crippen molar-refractivity contribution in [3.63, 3.8) is 0 Å². The van der Waals surface area contributed by atoms with Crippen LogP contribution >= 0.6 is 0 Å². The highest BCUT2D eigenvalue weighted by Crippen LogP contribution is 2.40. The molecule has 2 aliphatic heterocycles. The molecule has 0 aliphatic carbocycles. The SMILES string of the molecule is CC(C)[C@@H]1C(=O)N[C@@H](C)[C@]2(O)O[C@@](C)(NC(=O)/C=C/c3ccccc3)C(=O)N12. The molecule has 3 amide bonds. The lowest BCUT2D eigenvalue weighted by atomic mass is 9.95. The molecular weight excluding hydrogens is 362 g/mol. The summed E-state index contributed by atoms with van der Waals surface area (Å²) in [5.41, 5.74) is -0.985. The molecule has 0 radical (unpaired) electrons. The molecule has 0 aromatic heterocycles. The molecule has 2 aliphatic rings. The minimum Gasteiger partial charge on any atom is -0.347 e. The van der Waals surface area contributed by atoms with Gasteiger partial charge in [-0.15, -0.1) is 0 Å². The van der Waals surface area contributed by atoms with Gasteiger partial charge in [-0.1, -0.05) is 44.2 Å².